The summed E-state index contributed by atoms with van der Waals surface area (Å²) in [4.78, 5) is 30.3. The van der Waals surface area contributed by atoms with Crippen molar-refractivity contribution in [3.63, 3.8) is 0 Å². The van der Waals surface area contributed by atoms with E-state index in [4.69, 9.17) is 42.1 Å². The third-order valence-corrected chi connectivity index (χ3v) is 10.7. The summed E-state index contributed by atoms with van der Waals surface area (Å²) in [6.07, 6.45) is 3.65. The van der Waals surface area contributed by atoms with Gasteiger partial charge in [0.15, 0.2) is 23.9 Å². The number of fused-ring (bicyclic) bond motifs is 3. The molecular formula is C36H37Cl2N3O7S. The van der Waals surface area contributed by atoms with Gasteiger partial charge in [0.1, 0.15) is 28.3 Å². The second kappa shape index (κ2) is 15.8. The van der Waals surface area contributed by atoms with Crippen molar-refractivity contribution in [3.05, 3.63) is 115 Å². The monoisotopic (exact) mass is 725 g/mol. The zero-order chi connectivity index (χ0) is 34.5. The van der Waals surface area contributed by atoms with Gasteiger partial charge in [-0.25, -0.2) is 9.59 Å². The van der Waals surface area contributed by atoms with Gasteiger partial charge in [0.2, 0.25) is 0 Å². The molecule has 3 saturated heterocycles. The van der Waals surface area contributed by atoms with Crippen LogP contribution >= 0.6 is 34.5 Å². The summed E-state index contributed by atoms with van der Waals surface area (Å²) in [5, 5.41) is 17.2. The minimum atomic E-state index is -0.838. The minimum Gasteiger partial charge on any atom is -0.619 e. The molecule has 5 heterocycles. The summed E-state index contributed by atoms with van der Waals surface area (Å²) in [6.45, 7) is 3.23. The lowest BCUT2D eigenvalue weighted by atomic mass is 9.86. The number of esters is 2. The average Bonchev–Trinajstić information content (AvgIpc) is 3.59. The maximum Gasteiger partial charge on any atom is 0.339 e. The molecule has 0 aliphatic carbocycles. The van der Waals surface area contributed by atoms with Crippen LogP contribution in [0.15, 0.2) is 72.4 Å². The molecule has 1 unspecified atom stereocenters. The van der Waals surface area contributed by atoms with E-state index in [-0.39, 0.29) is 28.5 Å². The molecule has 2 aromatic heterocycles. The Hall–Kier alpha value is -3.87. The molecule has 2 bridgehead atoms. The third kappa shape index (κ3) is 8.30. The number of pyridine rings is 1. The number of carbonyl (C=O) groups excluding carboxylic acids is 2. The van der Waals surface area contributed by atoms with Gasteiger partial charge in [-0.1, -0.05) is 59.6 Å². The standard InChI is InChI=1S/C36H37Cl2N3O7S/c1-45-30-9-8-24(15-32(30)46-2)31(16-27-28(37)18-41(44)19-29(27)38)47-35(42)25-14-26(49-21-25)17-39-34(23-6-4-3-5-7-23)36(43)48-33-20-40-12-10-22(33)11-13-40/h3-9,14-15,18-19,21-22,31,33-34,39H,10-13,16-17,20H2,1-2H3/t31?,33-,34-/m0/s1. The molecule has 10 nitrogen and oxygen atoms in total. The highest BCUT2D eigenvalue weighted by atomic mass is 35.5. The van der Waals surface area contributed by atoms with Gasteiger partial charge < -0.3 is 24.2 Å². The highest BCUT2D eigenvalue weighted by Gasteiger charge is 2.38. The van der Waals surface area contributed by atoms with Crippen LogP contribution in [0.25, 0.3) is 0 Å². The number of methoxy groups -OCH3 is 2. The maximum atomic E-state index is 13.6. The van der Waals surface area contributed by atoms with Crippen LogP contribution in [0.5, 0.6) is 11.5 Å². The lowest BCUT2D eigenvalue weighted by molar-refractivity contribution is -0.605. The van der Waals surface area contributed by atoms with Crippen molar-refractivity contribution >= 4 is 46.5 Å². The van der Waals surface area contributed by atoms with E-state index < -0.39 is 18.1 Å². The highest BCUT2D eigenvalue weighted by molar-refractivity contribution is 7.10. The summed E-state index contributed by atoms with van der Waals surface area (Å²) in [5.41, 5.74) is 2.22. The fourth-order valence-corrected chi connectivity index (χ4v) is 7.82. The number of halogens is 2. The van der Waals surface area contributed by atoms with E-state index in [1.807, 2.05) is 30.3 Å². The molecule has 0 saturated carbocycles. The summed E-state index contributed by atoms with van der Waals surface area (Å²) < 4.78 is 23.5. The van der Waals surface area contributed by atoms with E-state index in [1.54, 1.807) is 29.6 Å². The first-order chi connectivity index (χ1) is 23.7. The molecule has 3 aliphatic rings. The summed E-state index contributed by atoms with van der Waals surface area (Å²) in [5.74, 6) is 0.491. The van der Waals surface area contributed by atoms with Crippen LogP contribution in [0, 0.1) is 11.1 Å². The van der Waals surface area contributed by atoms with Crippen LogP contribution in [0.3, 0.4) is 0 Å². The van der Waals surface area contributed by atoms with Crippen LogP contribution in [-0.2, 0) is 27.2 Å². The highest BCUT2D eigenvalue weighted by Crippen LogP contribution is 2.36. The molecule has 3 fully saturated rings. The van der Waals surface area contributed by atoms with Crippen LogP contribution in [0.2, 0.25) is 10.0 Å². The number of nitrogens with one attached hydrogen (secondary N) is 1. The average molecular weight is 727 g/mol. The third-order valence-electron chi connectivity index (χ3n) is 9.08. The van der Waals surface area contributed by atoms with Gasteiger partial charge in [0.05, 0.1) is 19.8 Å². The first-order valence-corrected chi connectivity index (χ1v) is 17.6. The van der Waals surface area contributed by atoms with Gasteiger partial charge in [-0.05, 0) is 61.2 Å². The van der Waals surface area contributed by atoms with Crippen molar-refractivity contribution in [2.75, 3.05) is 33.9 Å². The zero-order valence-corrected chi connectivity index (χ0v) is 29.4. The molecule has 7 rings (SSSR count). The normalized spacial score (nSPS) is 19.6. The first kappa shape index (κ1) is 35.0. The van der Waals surface area contributed by atoms with E-state index >= 15 is 0 Å². The van der Waals surface area contributed by atoms with Crippen LogP contribution in [0.1, 0.15) is 56.9 Å². The lowest BCUT2D eigenvalue weighted by Crippen LogP contribution is -2.52. The molecule has 4 aromatic rings. The number of hydrogen-bond acceptors (Lipinski definition) is 10. The Morgan fingerprint density at radius 3 is 2.37 bits per heavy atom. The van der Waals surface area contributed by atoms with Crippen molar-refractivity contribution < 1.29 is 33.3 Å². The number of ether oxygens (including phenoxy) is 4. The number of hydrogen-bond donors (Lipinski definition) is 1. The predicted molar refractivity (Wildman–Crippen MR) is 186 cm³/mol. The van der Waals surface area contributed by atoms with E-state index in [9.17, 15) is 14.8 Å². The molecule has 258 valence electrons. The number of rotatable bonds is 13. The van der Waals surface area contributed by atoms with Gasteiger partial charge >= 0.3 is 11.9 Å². The minimum absolute atomic E-state index is 0.0960. The molecule has 13 heteroatoms. The Labute approximate surface area is 299 Å². The Balaban J connectivity index is 1.17. The summed E-state index contributed by atoms with van der Waals surface area (Å²) in [6, 6.07) is 15.8. The molecule has 0 spiro atoms. The Morgan fingerprint density at radius 1 is 1.00 bits per heavy atom. The number of benzene rings is 2. The number of carbonyl (C=O) groups is 2. The summed E-state index contributed by atoms with van der Waals surface area (Å²) >= 11 is 14.2. The molecule has 0 amide bonds. The predicted octanol–water partition coefficient (Wildman–Crippen LogP) is 6.31. The van der Waals surface area contributed by atoms with Crippen molar-refractivity contribution in [1.82, 2.24) is 10.2 Å². The van der Waals surface area contributed by atoms with Crippen molar-refractivity contribution in [1.29, 1.82) is 0 Å². The Bertz CT molecular complexity index is 1760. The van der Waals surface area contributed by atoms with Crippen molar-refractivity contribution in [2.45, 2.75) is 44.1 Å². The van der Waals surface area contributed by atoms with Crippen molar-refractivity contribution in [3.8, 4) is 11.5 Å². The molecule has 3 aliphatic heterocycles. The maximum absolute atomic E-state index is 13.6. The SMILES string of the molecule is COc1ccc(C(Cc2c(Cl)c[n+]([O-])cc2Cl)OC(=O)c2csc(CN[C@H](C(=O)O[C@H]3CN4CCC3CC4)c3ccccc3)c2)cc1OC. The number of piperidine rings is 3. The second-order valence-corrected chi connectivity index (χ2v) is 14.0. The molecule has 3 atom stereocenters. The molecule has 2 aromatic carbocycles. The quantitative estimate of drug-likeness (QED) is 0.0962. The first-order valence-electron chi connectivity index (χ1n) is 16.0. The largest absolute Gasteiger partial charge is 0.619 e. The smallest absolute Gasteiger partial charge is 0.339 e. The Morgan fingerprint density at radius 2 is 1.71 bits per heavy atom. The van der Waals surface area contributed by atoms with Gasteiger partial charge in [0, 0.05) is 35.3 Å². The van der Waals surface area contributed by atoms with E-state index in [2.05, 4.69) is 10.2 Å². The number of thiophene rings is 1. The summed E-state index contributed by atoms with van der Waals surface area (Å²) in [7, 11) is 3.05. The van der Waals surface area contributed by atoms with Crippen LogP contribution in [-0.4, -0.2) is 56.8 Å². The van der Waals surface area contributed by atoms with E-state index in [1.165, 1.54) is 38.0 Å². The molecule has 1 N–H and O–H groups in total. The van der Waals surface area contributed by atoms with Gasteiger partial charge in [0.25, 0.3) is 0 Å². The second-order valence-electron chi connectivity index (χ2n) is 12.1. The zero-order valence-electron chi connectivity index (χ0n) is 27.1. The van der Waals surface area contributed by atoms with E-state index in [0.29, 0.717) is 45.4 Å². The number of aromatic nitrogens is 1. The fourth-order valence-electron chi connectivity index (χ4n) is 6.42. The number of nitrogens with zero attached hydrogens (tertiary/aromatic N) is 2. The van der Waals surface area contributed by atoms with Gasteiger partial charge in [-0.15, -0.1) is 11.3 Å². The molecule has 0 radical (unpaired) electrons. The van der Waals surface area contributed by atoms with Gasteiger partial charge in [-0.2, -0.15) is 4.73 Å². The van der Waals surface area contributed by atoms with E-state index in [0.717, 1.165) is 42.9 Å². The topological polar surface area (TPSA) is 113 Å². The fraction of sp³-hybridized carbons (Fsp3) is 0.361. The van der Waals surface area contributed by atoms with Gasteiger partial charge in [-0.3, -0.25) is 10.2 Å². The Kier molecular flexibility index (Phi) is 11.3. The van der Waals surface area contributed by atoms with Crippen molar-refractivity contribution in [2.24, 2.45) is 5.92 Å². The molecule has 49 heavy (non-hydrogen) atoms. The van der Waals surface area contributed by atoms with Crippen LogP contribution < -0.4 is 19.5 Å². The lowest BCUT2D eigenvalue weighted by Gasteiger charge is -2.44. The van der Waals surface area contributed by atoms with Crippen LogP contribution in [0.4, 0.5) is 0 Å². The molecular weight excluding hydrogens is 689 g/mol.